The minimum absolute atomic E-state index is 0.109. The van der Waals surface area contributed by atoms with Gasteiger partial charge in [-0.05, 0) is 24.6 Å². The largest absolute Gasteiger partial charge is 0.478 e. The number of aromatic carboxylic acids is 1. The van der Waals surface area contributed by atoms with Gasteiger partial charge in [0.1, 0.15) is 17.1 Å². The predicted molar refractivity (Wildman–Crippen MR) is 60.2 cm³/mol. The van der Waals surface area contributed by atoms with Crippen LogP contribution >= 0.6 is 0 Å². The van der Waals surface area contributed by atoms with Crippen LogP contribution in [0.1, 0.15) is 15.9 Å². The van der Waals surface area contributed by atoms with Crippen LogP contribution in [0.2, 0.25) is 0 Å². The highest BCUT2D eigenvalue weighted by molar-refractivity contribution is 5.90. The van der Waals surface area contributed by atoms with Gasteiger partial charge in [-0.2, -0.15) is 5.10 Å². The molecule has 0 radical (unpaired) electrons. The molecule has 0 aliphatic carbocycles. The average Bonchev–Trinajstić information content (AvgIpc) is 2.28. The molecule has 0 unspecified atom stereocenters. The van der Waals surface area contributed by atoms with Crippen molar-refractivity contribution in [3.05, 3.63) is 47.4 Å². The molecule has 0 aliphatic rings. The van der Waals surface area contributed by atoms with Crippen LogP contribution in [0, 0.1) is 12.7 Å². The maximum Gasteiger partial charge on any atom is 0.339 e. The maximum atomic E-state index is 13.1. The van der Waals surface area contributed by atoms with Gasteiger partial charge in [0, 0.05) is 12.1 Å². The Morgan fingerprint density at radius 3 is 2.83 bits per heavy atom. The van der Waals surface area contributed by atoms with Gasteiger partial charge in [0.25, 0.3) is 0 Å². The van der Waals surface area contributed by atoms with Crippen molar-refractivity contribution in [2.24, 2.45) is 0 Å². The van der Waals surface area contributed by atoms with E-state index >= 15 is 0 Å². The fourth-order valence-electron chi connectivity index (χ4n) is 1.36. The monoisotopic (exact) mass is 248 g/mol. The molecule has 1 aromatic carbocycles. The fourth-order valence-corrected chi connectivity index (χ4v) is 1.36. The number of carboxylic acids is 1. The van der Waals surface area contributed by atoms with Crippen molar-refractivity contribution in [2.75, 3.05) is 0 Å². The summed E-state index contributed by atoms with van der Waals surface area (Å²) < 4.78 is 18.3. The van der Waals surface area contributed by atoms with Crippen LogP contribution in [0.5, 0.6) is 11.6 Å². The first-order valence-electron chi connectivity index (χ1n) is 5.06. The number of carboxylic acid groups (broad SMARTS) is 1. The summed E-state index contributed by atoms with van der Waals surface area (Å²) in [5.74, 6) is -1.79. The van der Waals surface area contributed by atoms with E-state index < -0.39 is 11.8 Å². The zero-order chi connectivity index (χ0) is 13.1. The molecule has 5 nitrogen and oxygen atoms in total. The number of aryl methyl sites for hydroxylation is 1. The zero-order valence-corrected chi connectivity index (χ0v) is 9.42. The molecule has 0 saturated carbocycles. The molecule has 1 aromatic heterocycles. The van der Waals surface area contributed by atoms with E-state index in [4.69, 9.17) is 9.84 Å². The summed E-state index contributed by atoms with van der Waals surface area (Å²) in [6.45, 7) is 1.78. The smallest absolute Gasteiger partial charge is 0.339 e. The second-order valence-electron chi connectivity index (χ2n) is 3.62. The van der Waals surface area contributed by atoms with E-state index in [1.165, 1.54) is 6.20 Å². The molecule has 0 fully saturated rings. The first kappa shape index (κ1) is 12.0. The van der Waals surface area contributed by atoms with Crippen molar-refractivity contribution in [3.63, 3.8) is 0 Å². The van der Waals surface area contributed by atoms with Crippen LogP contribution in [0.15, 0.2) is 30.5 Å². The van der Waals surface area contributed by atoms with Crippen LogP contribution in [0.3, 0.4) is 0 Å². The SMILES string of the molecule is Cc1cnnc(Oc2cc(F)ccc2C(=O)O)c1. The fraction of sp³-hybridized carbons (Fsp3) is 0.0833. The molecule has 1 N–H and O–H groups in total. The Bertz CT molecular complexity index is 602. The van der Waals surface area contributed by atoms with E-state index in [-0.39, 0.29) is 17.2 Å². The number of carbonyl (C=O) groups is 1. The standard InChI is InChI=1S/C12H9FN2O3/c1-7-4-11(15-14-6-7)18-10-5-8(13)2-3-9(10)12(16)17/h2-6H,1H3,(H,16,17). The Morgan fingerprint density at radius 2 is 2.17 bits per heavy atom. The van der Waals surface area contributed by atoms with Crippen LogP contribution in [-0.4, -0.2) is 21.3 Å². The first-order valence-corrected chi connectivity index (χ1v) is 5.06. The second-order valence-corrected chi connectivity index (χ2v) is 3.62. The number of aromatic nitrogens is 2. The Kier molecular flexibility index (Phi) is 3.18. The van der Waals surface area contributed by atoms with Gasteiger partial charge in [-0.1, -0.05) is 0 Å². The van der Waals surface area contributed by atoms with Crippen molar-refractivity contribution < 1.29 is 19.0 Å². The third-order valence-electron chi connectivity index (χ3n) is 2.16. The molecular weight excluding hydrogens is 239 g/mol. The van der Waals surface area contributed by atoms with Crippen molar-refractivity contribution in [1.29, 1.82) is 0 Å². The van der Waals surface area contributed by atoms with E-state index in [1.54, 1.807) is 13.0 Å². The highest BCUT2D eigenvalue weighted by atomic mass is 19.1. The number of nitrogens with zero attached hydrogens (tertiary/aromatic N) is 2. The molecule has 2 aromatic rings. The summed E-state index contributed by atoms with van der Waals surface area (Å²) >= 11 is 0. The molecule has 6 heteroatoms. The first-order chi connectivity index (χ1) is 8.56. The summed E-state index contributed by atoms with van der Waals surface area (Å²) in [6, 6.07) is 4.76. The van der Waals surface area contributed by atoms with Gasteiger partial charge in [-0.15, -0.1) is 5.10 Å². The Balaban J connectivity index is 2.39. The van der Waals surface area contributed by atoms with E-state index in [0.717, 1.165) is 23.8 Å². The van der Waals surface area contributed by atoms with Crippen LogP contribution in [-0.2, 0) is 0 Å². The summed E-state index contributed by atoms with van der Waals surface area (Å²) in [4.78, 5) is 11.0. The molecule has 2 rings (SSSR count). The number of hydrogen-bond donors (Lipinski definition) is 1. The lowest BCUT2D eigenvalue weighted by Crippen LogP contribution is -2.01. The molecule has 0 amide bonds. The molecular formula is C12H9FN2O3. The predicted octanol–water partition coefficient (Wildman–Crippen LogP) is 2.41. The number of benzene rings is 1. The highest BCUT2D eigenvalue weighted by Gasteiger charge is 2.13. The molecule has 1 heterocycles. The van der Waals surface area contributed by atoms with Crippen molar-refractivity contribution in [2.45, 2.75) is 6.92 Å². The van der Waals surface area contributed by atoms with E-state index in [0.29, 0.717) is 0 Å². The van der Waals surface area contributed by atoms with Crippen molar-refractivity contribution in [1.82, 2.24) is 10.2 Å². The molecule has 0 saturated heterocycles. The van der Waals surface area contributed by atoms with Crippen molar-refractivity contribution >= 4 is 5.97 Å². The molecule has 92 valence electrons. The summed E-state index contributed by atoms with van der Waals surface area (Å²) in [7, 11) is 0. The van der Waals surface area contributed by atoms with Crippen LogP contribution in [0.4, 0.5) is 4.39 Å². The van der Waals surface area contributed by atoms with Crippen LogP contribution in [0.25, 0.3) is 0 Å². The molecule has 0 atom stereocenters. The molecule has 0 spiro atoms. The lowest BCUT2D eigenvalue weighted by molar-refractivity contribution is 0.0694. The van der Waals surface area contributed by atoms with Gasteiger partial charge >= 0.3 is 5.97 Å². The van der Waals surface area contributed by atoms with Gasteiger partial charge in [-0.3, -0.25) is 0 Å². The number of hydrogen-bond acceptors (Lipinski definition) is 4. The minimum atomic E-state index is -1.20. The van der Waals surface area contributed by atoms with E-state index in [9.17, 15) is 9.18 Å². The van der Waals surface area contributed by atoms with E-state index in [2.05, 4.69) is 10.2 Å². The third kappa shape index (κ3) is 2.60. The van der Waals surface area contributed by atoms with Crippen molar-refractivity contribution in [3.8, 4) is 11.6 Å². The normalized spacial score (nSPS) is 10.1. The van der Waals surface area contributed by atoms with Gasteiger partial charge in [0.15, 0.2) is 0 Å². The lowest BCUT2D eigenvalue weighted by atomic mass is 10.2. The zero-order valence-electron chi connectivity index (χ0n) is 9.42. The van der Waals surface area contributed by atoms with Crippen LogP contribution < -0.4 is 4.74 Å². The minimum Gasteiger partial charge on any atom is -0.478 e. The Hall–Kier alpha value is -2.50. The van der Waals surface area contributed by atoms with Gasteiger partial charge < -0.3 is 9.84 Å². The average molecular weight is 248 g/mol. The second kappa shape index (κ2) is 4.79. The highest BCUT2D eigenvalue weighted by Crippen LogP contribution is 2.25. The molecule has 18 heavy (non-hydrogen) atoms. The lowest BCUT2D eigenvalue weighted by Gasteiger charge is -2.07. The number of rotatable bonds is 3. The van der Waals surface area contributed by atoms with E-state index in [1.807, 2.05) is 0 Å². The summed E-state index contributed by atoms with van der Waals surface area (Å²) in [6.07, 6.45) is 1.52. The summed E-state index contributed by atoms with van der Waals surface area (Å²) in [5.41, 5.74) is 0.660. The number of ether oxygens (including phenoxy) is 1. The summed E-state index contributed by atoms with van der Waals surface area (Å²) in [5, 5.41) is 16.3. The topological polar surface area (TPSA) is 72.3 Å². The van der Waals surface area contributed by atoms with Gasteiger partial charge in [0.05, 0.1) is 6.20 Å². The molecule has 0 bridgehead atoms. The molecule has 0 aliphatic heterocycles. The van der Waals surface area contributed by atoms with Gasteiger partial charge in [0.2, 0.25) is 5.88 Å². The quantitative estimate of drug-likeness (QED) is 0.902. The number of halogens is 1. The maximum absolute atomic E-state index is 13.1. The third-order valence-corrected chi connectivity index (χ3v) is 2.16. The van der Waals surface area contributed by atoms with Gasteiger partial charge in [-0.25, -0.2) is 9.18 Å². The Morgan fingerprint density at radius 1 is 1.39 bits per heavy atom. The Labute approximate surface area is 102 Å².